The average molecular weight is 289 g/mol. The van der Waals surface area contributed by atoms with Gasteiger partial charge in [-0.3, -0.25) is 4.98 Å². The van der Waals surface area contributed by atoms with E-state index in [9.17, 15) is 9.18 Å². The predicted octanol–water partition coefficient (Wildman–Crippen LogP) is 1.79. The minimum Gasteiger partial charge on any atom is -0.487 e. The van der Waals surface area contributed by atoms with Crippen molar-refractivity contribution in [3.63, 3.8) is 0 Å². The number of aliphatic carboxylic acids is 1. The molecular weight excluding hydrogens is 275 g/mol. The Morgan fingerprint density at radius 3 is 2.74 bits per heavy atom. The molecular formula is C12H14ClFN2O3. The van der Waals surface area contributed by atoms with E-state index in [1.54, 1.807) is 12.1 Å². The first-order valence-corrected chi connectivity index (χ1v) is 5.13. The number of carbonyl (C=O) groups is 1. The van der Waals surface area contributed by atoms with Crippen LogP contribution in [0.2, 0.25) is 0 Å². The van der Waals surface area contributed by atoms with E-state index in [4.69, 9.17) is 15.6 Å². The van der Waals surface area contributed by atoms with Crippen molar-refractivity contribution in [2.45, 2.75) is 0 Å². The van der Waals surface area contributed by atoms with E-state index < -0.39 is 5.97 Å². The number of hydrogen-bond donors (Lipinski definition) is 2. The Hall–Kier alpha value is -1.92. The summed E-state index contributed by atoms with van der Waals surface area (Å²) in [5.41, 5.74) is 6.10. The molecule has 0 saturated heterocycles. The van der Waals surface area contributed by atoms with Gasteiger partial charge in [0, 0.05) is 18.2 Å². The Balaban J connectivity index is 0.00000324. The van der Waals surface area contributed by atoms with Crippen LogP contribution in [-0.4, -0.2) is 29.2 Å². The quantitative estimate of drug-likeness (QED) is 0.780. The smallest absolute Gasteiger partial charge is 0.328 e. The van der Waals surface area contributed by atoms with Gasteiger partial charge in [0.2, 0.25) is 0 Å². The zero-order valence-corrected chi connectivity index (χ0v) is 10.8. The molecule has 19 heavy (non-hydrogen) atoms. The molecule has 1 aromatic heterocycles. The molecule has 0 atom stereocenters. The van der Waals surface area contributed by atoms with Crippen LogP contribution in [0.15, 0.2) is 36.3 Å². The lowest BCUT2D eigenvalue weighted by molar-refractivity contribution is -0.131. The fourth-order valence-electron chi connectivity index (χ4n) is 1.04. The number of halogens is 2. The Morgan fingerprint density at radius 2 is 2.26 bits per heavy atom. The summed E-state index contributed by atoms with van der Waals surface area (Å²) in [5.74, 6) is -0.590. The summed E-state index contributed by atoms with van der Waals surface area (Å²) in [7, 11) is 0. The molecule has 5 nitrogen and oxygen atoms in total. The third-order valence-corrected chi connectivity index (χ3v) is 2.00. The monoisotopic (exact) mass is 288 g/mol. The van der Waals surface area contributed by atoms with Gasteiger partial charge in [-0.2, -0.15) is 0 Å². The second-order valence-corrected chi connectivity index (χ2v) is 3.35. The molecule has 0 unspecified atom stereocenters. The van der Waals surface area contributed by atoms with E-state index in [-0.39, 0.29) is 25.6 Å². The van der Waals surface area contributed by atoms with Gasteiger partial charge < -0.3 is 15.6 Å². The second-order valence-electron chi connectivity index (χ2n) is 3.35. The lowest BCUT2D eigenvalue weighted by Gasteiger charge is -2.06. The average Bonchev–Trinajstić information content (AvgIpc) is 2.39. The van der Waals surface area contributed by atoms with Gasteiger partial charge in [-0.15, -0.1) is 12.4 Å². The third kappa shape index (κ3) is 6.54. The van der Waals surface area contributed by atoms with Crippen LogP contribution >= 0.6 is 12.4 Å². The van der Waals surface area contributed by atoms with Gasteiger partial charge in [-0.25, -0.2) is 9.18 Å². The van der Waals surface area contributed by atoms with Crippen molar-refractivity contribution >= 4 is 24.5 Å². The largest absolute Gasteiger partial charge is 0.487 e. The van der Waals surface area contributed by atoms with Gasteiger partial charge >= 0.3 is 5.97 Å². The Labute approximate surface area is 116 Å². The molecule has 0 aromatic carbocycles. The van der Waals surface area contributed by atoms with Crippen LogP contribution in [0.3, 0.4) is 0 Å². The zero-order valence-electron chi connectivity index (χ0n) is 9.95. The summed E-state index contributed by atoms with van der Waals surface area (Å²) < 4.78 is 17.4. The van der Waals surface area contributed by atoms with Gasteiger partial charge in [-0.1, -0.05) is 0 Å². The van der Waals surface area contributed by atoms with Crippen LogP contribution in [0.5, 0.6) is 5.75 Å². The highest BCUT2D eigenvalue weighted by molar-refractivity contribution is 5.85. The number of hydrogen-bond acceptors (Lipinski definition) is 4. The molecule has 0 aliphatic carbocycles. The molecule has 0 spiro atoms. The van der Waals surface area contributed by atoms with Crippen LogP contribution in [-0.2, 0) is 4.79 Å². The Kier molecular flexibility index (Phi) is 8.15. The molecule has 0 saturated carbocycles. The van der Waals surface area contributed by atoms with Gasteiger partial charge in [-0.05, 0) is 18.2 Å². The Bertz CT molecular complexity index is 461. The summed E-state index contributed by atoms with van der Waals surface area (Å²) in [6.07, 6.45) is 4.19. The summed E-state index contributed by atoms with van der Waals surface area (Å²) in [6, 6.07) is 3.21. The standard InChI is InChI=1S/C12H13FN2O3.ClH/c13-5-9(6-14)8-18-11-3-1-10(15-7-11)2-4-12(16)17;/h1-5,7H,6,8,14H2,(H,16,17);1H/b4-2+,9-5+;. The van der Waals surface area contributed by atoms with Crippen LogP contribution in [0, 0.1) is 0 Å². The minimum absolute atomic E-state index is 0. The summed E-state index contributed by atoms with van der Waals surface area (Å²) >= 11 is 0. The van der Waals surface area contributed by atoms with E-state index >= 15 is 0 Å². The maximum absolute atomic E-state index is 12.2. The highest BCUT2D eigenvalue weighted by Crippen LogP contribution is 2.11. The highest BCUT2D eigenvalue weighted by Gasteiger charge is 1.98. The van der Waals surface area contributed by atoms with E-state index in [1.807, 2.05) is 0 Å². The van der Waals surface area contributed by atoms with E-state index in [0.29, 0.717) is 23.3 Å². The lowest BCUT2D eigenvalue weighted by atomic mass is 10.3. The molecule has 0 bridgehead atoms. The number of nitrogens with two attached hydrogens (primary N) is 1. The second kappa shape index (κ2) is 9.07. The van der Waals surface area contributed by atoms with Crippen molar-refractivity contribution in [2.24, 2.45) is 5.73 Å². The lowest BCUT2D eigenvalue weighted by Crippen LogP contribution is -2.10. The van der Waals surface area contributed by atoms with Crippen molar-refractivity contribution in [1.82, 2.24) is 4.98 Å². The number of nitrogens with zero attached hydrogens (tertiary/aromatic N) is 1. The molecule has 3 N–H and O–H groups in total. The number of carboxylic acid groups (broad SMARTS) is 1. The topological polar surface area (TPSA) is 85.4 Å². The van der Waals surface area contributed by atoms with Crippen LogP contribution in [0.25, 0.3) is 6.08 Å². The first kappa shape index (κ1) is 17.1. The SMILES string of the molecule is Cl.NC/C(=C\F)COc1ccc(/C=C/C(=O)O)nc1. The van der Waals surface area contributed by atoms with Crippen LogP contribution in [0.1, 0.15) is 5.69 Å². The molecule has 1 heterocycles. The number of ether oxygens (including phenoxy) is 1. The molecule has 1 aromatic rings. The molecule has 0 radical (unpaired) electrons. The first-order valence-electron chi connectivity index (χ1n) is 5.13. The van der Waals surface area contributed by atoms with Crippen molar-refractivity contribution in [2.75, 3.05) is 13.2 Å². The normalized spacial score (nSPS) is 11.2. The molecule has 104 valence electrons. The fraction of sp³-hybridized carbons (Fsp3) is 0.167. The van der Waals surface area contributed by atoms with Crippen LogP contribution in [0.4, 0.5) is 4.39 Å². The summed E-state index contributed by atoms with van der Waals surface area (Å²) in [5, 5.41) is 8.44. The number of pyridine rings is 1. The van der Waals surface area contributed by atoms with Crippen molar-refractivity contribution in [3.05, 3.63) is 42.0 Å². The molecule has 0 aliphatic rings. The molecule has 7 heteroatoms. The highest BCUT2D eigenvalue weighted by atomic mass is 35.5. The van der Waals surface area contributed by atoms with E-state index in [1.165, 1.54) is 12.3 Å². The molecule has 0 fully saturated rings. The third-order valence-electron chi connectivity index (χ3n) is 2.00. The number of rotatable bonds is 6. The summed E-state index contributed by atoms with van der Waals surface area (Å²) in [6.45, 7) is 0.141. The molecule has 0 aliphatic heterocycles. The van der Waals surface area contributed by atoms with Gasteiger partial charge in [0.15, 0.2) is 0 Å². The number of aromatic nitrogens is 1. The summed E-state index contributed by atoms with van der Waals surface area (Å²) in [4.78, 5) is 14.3. The predicted molar refractivity (Wildman–Crippen MR) is 71.9 cm³/mol. The Morgan fingerprint density at radius 1 is 1.53 bits per heavy atom. The molecule has 1 rings (SSSR count). The maximum Gasteiger partial charge on any atom is 0.328 e. The van der Waals surface area contributed by atoms with Crippen molar-refractivity contribution in [3.8, 4) is 5.75 Å². The van der Waals surface area contributed by atoms with Crippen LogP contribution < -0.4 is 10.5 Å². The molecule has 0 amide bonds. The zero-order chi connectivity index (χ0) is 13.4. The van der Waals surface area contributed by atoms with E-state index in [0.717, 1.165) is 6.08 Å². The van der Waals surface area contributed by atoms with Gasteiger partial charge in [0.05, 0.1) is 18.2 Å². The van der Waals surface area contributed by atoms with Gasteiger partial charge in [0.1, 0.15) is 12.4 Å². The van der Waals surface area contributed by atoms with Crippen molar-refractivity contribution < 1.29 is 19.0 Å². The van der Waals surface area contributed by atoms with Gasteiger partial charge in [0.25, 0.3) is 0 Å². The van der Waals surface area contributed by atoms with Crippen molar-refractivity contribution in [1.29, 1.82) is 0 Å². The maximum atomic E-state index is 12.2. The first-order chi connectivity index (χ1) is 8.65. The minimum atomic E-state index is -1.04. The van der Waals surface area contributed by atoms with E-state index in [2.05, 4.69) is 4.98 Å². The fourth-order valence-corrected chi connectivity index (χ4v) is 1.04. The number of carboxylic acids is 1.